The molecule has 7 heteroatoms. The quantitative estimate of drug-likeness (QED) is 0.693. The average Bonchev–Trinajstić information content (AvgIpc) is 2.80. The van der Waals surface area contributed by atoms with E-state index >= 15 is 0 Å². The number of nitrogens with one attached hydrogen (secondary N) is 2. The second-order valence-corrected chi connectivity index (χ2v) is 5.20. The number of carboxylic acid groups (broad SMARTS) is 1. The molecule has 0 saturated heterocycles. The van der Waals surface area contributed by atoms with Gasteiger partial charge in [-0.1, -0.05) is 13.8 Å². The largest absolute Gasteiger partial charge is 0.481 e. The Bertz CT molecular complexity index is 431. The molecule has 0 aliphatic heterocycles. The second-order valence-electron chi connectivity index (χ2n) is 5.20. The van der Waals surface area contributed by atoms with E-state index in [1.807, 2.05) is 31.5 Å². The van der Waals surface area contributed by atoms with Gasteiger partial charge in [-0.15, -0.1) is 0 Å². The molecular formula is C13H22N4O3. The highest BCUT2D eigenvalue weighted by Gasteiger charge is 2.22. The third-order valence-corrected chi connectivity index (χ3v) is 3.03. The number of aromatic nitrogens is 2. The molecule has 0 saturated carbocycles. The van der Waals surface area contributed by atoms with Crippen molar-refractivity contribution >= 4 is 12.0 Å². The topological polar surface area (TPSA) is 96.3 Å². The van der Waals surface area contributed by atoms with Gasteiger partial charge in [0, 0.05) is 31.5 Å². The highest BCUT2D eigenvalue weighted by atomic mass is 16.4. The van der Waals surface area contributed by atoms with Gasteiger partial charge in [0.25, 0.3) is 0 Å². The molecule has 2 atom stereocenters. The molecule has 2 unspecified atom stereocenters. The maximum absolute atomic E-state index is 11.7. The molecule has 2 amide bonds. The van der Waals surface area contributed by atoms with E-state index in [0.29, 0.717) is 6.54 Å². The normalized spacial score (nSPS) is 13.8. The Morgan fingerprint density at radius 3 is 2.55 bits per heavy atom. The average molecular weight is 282 g/mol. The van der Waals surface area contributed by atoms with Crippen molar-refractivity contribution in [2.75, 3.05) is 6.54 Å². The minimum atomic E-state index is -0.897. The molecule has 112 valence electrons. The minimum Gasteiger partial charge on any atom is -0.481 e. The zero-order chi connectivity index (χ0) is 15.1. The van der Waals surface area contributed by atoms with Gasteiger partial charge in [-0.05, 0) is 12.8 Å². The summed E-state index contributed by atoms with van der Waals surface area (Å²) in [7, 11) is 0. The lowest BCUT2D eigenvalue weighted by atomic mass is 9.96. The smallest absolute Gasteiger partial charge is 0.315 e. The number of carboxylic acids is 1. The third-order valence-electron chi connectivity index (χ3n) is 3.03. The van der Waals surface area contributed by atoms with Crippen molar-refractivity contribution in [1.82, 2.24) is 20.2 Å². The lowest BCUT2D eigenvalue weighted by molar-refractivity contribution is -0.142. The molecule has 3 N–H and O–H groups in total. The van der Waals surface area contributed by atoms with Crippen molar-refractivity contribution in [2.24, 2.45) is 11.8 Å². The first-order valence-corrected chi connectivity index (χ1v) is 6.63. The molecule has 1 aromatic heterocycles. The van der Waals surface area contributed by atoms with Crippen LogP contribution in [-0.2, 0) is 11.3 Å². The third kappa shape index (κ3) is 5.29. The highest BCUT2D eigenvalue weighted by molar-refractivity contribution is 5.76. The molecule has 0 bridgehead atoms. The lowest BCUT2D eigenvalue weighted by Crippen LogP contribution is -2.45. The van der Waals surface area contributed by atoms with Gasteiger partial charge in [0.05, 0.1) is 12.2 Å². The number of imidazole rings is 1. The molecule has 20 heavy (non-hydrogen) atoms. The molecule has 7 nitrogen and oxygen atoms in total. The van der Waals surface area contributed by atoms with Crippen LogP contribution in [0.2, 0.25) is 0 Å². The maximum Gasteiger partial charge on any atom is 0.315 e. The molecule has 1 rings (SSSR count). The predicted molar refractivity (Wildman–Crippen MR) is 74.2 cm³/mol. The second kappa shape index (κ2) is 7.52. The van der Waals surface area contributed by atoms with Gasteiger partial charge in [0.15, 0.2) is 0 Å². The fraction of sp³-hybridized carbons (Fsp3) is 0.615. The van der Waals surface area contributed by atoms with Gasteiger partial charge in [0.2, 0.25) is 0 Å². The Hall–Kier alpha value is -2.05. The van der Waals surface area contributed by atoms with Crippen molar-refractivity contribution in [3.8, 4) is 0 Å². The van der Waals surface area contributed by atoms with Crippen LogP contribution in [0.15, 0.2) is 18.7 Å². The number of urea groups is 1. The van der Waals surface area contributed by atoms with Gasteiger partial charge in [-0.2, -0.15) is 0 Å². The Labute approximate surface area is 118 Å². The van der Waals surface area contributed by atoms with Crippen LogP contribution in [0.1, 0.15) is 20.8 Å². The van der Waals surface area contributed by atoms with Crippen LogP contribution in [0.4, 0.5) is 4.79 Å². The summed E-state index contributed by atoms with van der Waals surface area (Å²) in [6.07, 6.45) is 5.16. The zero-order valence-corrected chi connectivity index (χ0v) is 12.0. The van der Waals surface area contributed by atoms with E-state index in [1.165, 1.54) is 0 Å². The SMILES string of the molecule is CC(Cn1ccnc1)NC(=O)NCC(C(=O)O)C(C)C. The lowest BCUT2D eigenvalue weighted by Gasteiger charge is -2.19. The van der Waals surface area contributed by atoms with Crippen LogP contribution in [0.5, 0.6) is 0 Å². The van der Waals surface area contributed by atoms with Crippen LogP contribution in [0.3, 0.4) is 0 Å². The monoisotopic (exact) mass is 282 g/mol. The van der Waals surface area contributed by atoms with Crippen LogP contribution in [0.25, 0.3) is 0 Å². The van der Waals surface area contributed by atoms with E-state index in [2.05, 4.69) is 15.6 Å². The first kappa shape index (κ1) is 16.0. The van der Waals surface area contributed by atoms with Crippen LogP contribution in [-0.4, -0.2) is 39.2 Å². The Morgan fingerprint density at radius 2 is 2.05 bits per heavy atom. The van der Waals surface area contributed by atoms with E-state index in [4.69, 9.17) is 5.11 Å². The van der Waals surface area contributed by atoms with Crippen molar-refractivity contribution in [3.63, 3.8) is 0 Å². The number of hydrogen-bond donors (Lipinski definition) is 3. The number of hydrogen-bond acceptors (Lipinski definition) is 3. The molecule has 0 fully saturated rings. The van der Waals surface area contributed by atoms with Gasteiger partial charge >= 0.3 is 12.0 Å². The van der Waals surface area contributed by atoms with Crippen LogP contribution < -0.4 is 10.6 Å². The summed E-state index contributed by atoms with van der Waals surface area (Å²) in [6, 6.07) is -0.434. The van der Waals surface area contributed by atoms with Gasteiger partial charge in [0.1, 0.15) is 0 Å². The van der Waals surface area contributed by atoms with Crippen molar-refractivity contribution in [2.45, 2.75) is 33.4 Å². The number of nitrogens with zero attached hydrogens (tertiary/aromatic N) is 2. The number of carbonyl (C=O) groups excluding carboxylic acids is 1. The Morgan fingerprint density at radius 1 is 1.35 bits per heavy atom. The van der Waals surface area contributed by atoms with Gasteiger partial charge < -0.3 is 20.3 Å². The van der Waals surface area contributed by atoms with Gasteiger partial charge in [-0.3, -0.25) is 4.79 Å². The van der Waals surface area contributed by atoms with Gasteiger partial charge in [-0.25, -0.2) is 9.78 Å². The van der Waals surface area contributed by atoms with E-state index in [1.54, 1.807) is 12.5 Å². The first-order valence-electron chi connectivity index (χ1n) is 6.63. The van der Waals surface area contributed by atoms with Crippen molar-refractivity contribution in [3.05, 3.63) is 18.7 Å². The summed E-state index contributed by atoms with van der Waals surface area (Å²) in [5.41, 5.74) is 0. The summed E-state index contributed by atoms with van der Waals surface area (Å²) in [4.78, 5) is 26.6. The number of aliphatic carboxylic acids is 1. The number of amides is 2. The Kier molecular flexibility index (Phi) is 6.02. The fourth-order valence-electron chi connectivity index (χ4n) is 1.84. The van der Waals surface area contributed by atoms with Crippen LogP contribution in [0, 0.1) is 11.8 Å². The summed E-state index contributed by atoms with van der Waals surface area (Å²) in [5.74, 6) is -1.51. The first-order chi connectivity index (χ1) is 9.40. The summed E-state index contributed by atoms with van der Waals surface area (Å²) >= 11 is 0. The molecule has 0 spiro atoms. The molecule has 1 aromatic rings. The summed E-state index contributed by atoms with van der Waals surface area (Å²) in [6.45, 7) is 6.24. The van der Waals surface area contributed by atoms with E-state index in [-0.39, 0.29) is 24.5 Å². The molecule has 0 aliphatic carbocycles. The maximum atomic E-state index is 11.7. The molecule has 0 aliphatic rings. The predicted octanol–water partition coefficient (Wildman–Crippen LogP) is 0.928. The summed E-state index contributed by atoms with van der Waals surface area (Å²) in [5, 5.41) is 14.4. The number of carbonyl (C=O) groups is 2. The molecule has 1 heterocycles. The zero-order valence-electron chi connectivity index (χ0n) is 12.0. The van der Waals surface area contributed by atoms with Crippen molar-refractivity contribution < 1.29 is 14.7 Å². The van der Waals surface area contributed by atoms with Crippen molar-refractivity contribution in [1.29, 1.82) is 0 Å². The highest BCUT2D eigenvalue weighted by Crippen LogP contribution is 2.09. The molecular weight excluding hydrogens is 260 g/mol. The van der Waals surface area contributed by atoms with Crippen LogP contribution >= 0.6 is 0 Å². The van der Waals surface area contributed by atoms with E-state index in [0.717, 1.165) is 0 Å². The standard InChI is InChI=1S/C13H22N4O3/c1-9(2)11(12(18)19)6-15-13(20)16-10(3)7-17-5-4-14-8-17/h4-5,8-11H,6-7H2,1-3H3,(H,18,19)(H2,15,16,20). The van der Waals surface area contributed by atoms with E-state index in [9.17, 15) is 9.59 Å². The Balaban J connectivity index is 2.34. The summed E-state index contributed by atoms with van der Waals surface area (Å²) < 4.78 is 1.86. The van der Waals surface area contributed by atoms with E-state index < -0.39 is 11.9 Å². The minimum absolute atomic E-state index is 0.0313. The molecule has 0 radical (unpaired) electrons. The molecule has 0 aromatic carbocycles. The number of rotatable bonds is 7. The fourth-order valence-corrected chi connectivity index (χ4v) is 1.84.